The lowest BCUT2D eigenvalue weighted by Crippen LogP contribution is -2.36. The zero-order chi connectivity index (χ0) is 13.3. The Labute approximate surface area is 104 Å². The Morgan fingerprint density at radius 3 is 2.78 bits per heavy atom. The first-order valence-corrected chi connectivity index (χ1v) is 6.82. The van der Waals surface area contributed by atoms with E-state index >= 15 is 0 Å². The highest BCUT2D eigenvalue weighted by molar-refractivity contribution is 7.89. The zero-order valence-corrected chi connectivity index (χ0v) is 10.5. The SMILES string of the molecule is Cc1[nH]nc(S(=O)(=O)N2CCCCO2)c1C(=O)O. The van der Waals surface area contributed by atoms with Crippen molar-refractivity contribution >= 4 is 16.0 Å². The van der Waals surface area contributed by atoms with Gasteiger partial charge in [0, 0.05) is 12.2 Å². The molecular weight excluding hydrogens is 262 g/mol. The van der Waals surface area contributed by atoms with Crippen molar-refractivity contribution in [2.45, 2.75) is 24.8 Å². The van der Waals surface area contributed by atoms with Crippen molar-refractivity contribution in [3.05, 3.63) is 11.3 Å². The van der Waals surface area contributed by atoms with Gasteiger partial charge >= 0.3 is 5.97 Å². The lowest BCUT2D eigenvalue weighted by molar-refractivity contribution is -0.109. The molecule has 0 spiro atoms. The molecule has 8 nitrogen and oxygen atoms in total. The van der Waals surface area contributed by atoms with Crippen LogP contribution in [0.5, 0.6) is 0 Å². The molecule has 18 heavy (non-hydrogen) atoms. The van der Waals surface area contributed by atoms with Gasteiger partial charge in [-0.25, -0.2) is 13.2 Å². The van der Waals surface area contributed by atoms with Crippen LogP contribution in [0.1, 0.15) is 28.9 Å². The van der Waals surface area contributed by atoms with Gasteiger partial charge < -0.3 is 5.11 Å². The van der Waals surface area contributed by atoms with Crippen molar-refractivity contribution in [3.8, 4) is 0 Å². The van der Waals surface area contributed by atoms with Crippen LogP contribution in [0.2, 0.25) is 0 Å². The number of nitrogens with zero attached hydrogens (tertiary/aromatic N) is 2. The van der Waals surface area contributed by atoms with Crippen LogP contribution < -0.4 is 0 Å². The molecule has 1 saturated heterocycles. The predicted octanol–water partition coefficient (Wildman–Crippen LogP) is 0.132. The highest BCUT2D eigenvalue weighted by atomic mass is 32.2. The maximum Gasteiger partial charge on any atom is 0.340 e. The Morgan fingerprint density at radius 2 is 2.22 bits per heavy atom. The number of aromatic amines is 1. The molecule has 0 bridgehead atoms. The first-order chi connectivity index (χ1) is 8.44. The molecule has 0 aliphatic carbocycles. The number of aromatic carboxylic acids is 1. The second-order valence-corrected chi connectivity index (χ2v) is 5.65. The molecule has 1 aromatic rings. The van der Waals surface area contributed by atoms with E-state index < -0.39 is 21.0 Å². The fourth-order valence-electron chi connectivity index (χ4n) is 1.71. The molecule has 0 amide bonds. The Kier molecular flexibility index (Phi) is 3.37. The van der Waals surface area contributed by atoms with Gasteiger partial charge in [0.2, 0.25) is 5.03 Å². The summed E-state index contributed by atoms with van der Waals surface area (Å²) in [6.07, 6.45) is 1.45. The number of rotatable bonds is 3. The molecule has 1 aliphatic heterocycles. The minimum atomic E-state index is -4.03. The summed E-state index contributed by atoms with van der Waals surface area (Å²) in [5, 5.41) is 14.4. The number of hydrogen-bond donors (Lipinski definition) is 2. The standard InChI is InChI=1S/C9H13N3O5S/c1-6-7(9(13)14)8(11-10-6)18(15,16)12-4-2-3-5-17-12/h2-5H2,1H3,(H,10,11)(H,13,14). The van der Waals surface area contributed by atoms with Gasteiger partial charge in [-0.15, -0.1) is 0 Å². The number of aromatic nitrogens is 2. The van der Waals surface area contributed by atoms with Crippen LogP contribution in [0.25, 0.3) is 0 Å². The van der Waals surface area contributed by atoms with Crippen molar-refractivity contribution in [1.29, 1.82) is 0 Å². The average molecular weight is 275 g/mol. The first-order valence-electron chi connectivity index (χ1n) is 5.38. The number of carboxylic acids is 1. The van der Waals surface area contributed by atoms with Crippen LogP contribution in [0.3, 0.4) is 0 Å². The largest absolute Gasteiger partial charge is 0.478 e. The second-order valence-electron chi connectivity index (χ2n) is 3.91. The summed E-state index contributed by atoms with van der Waals surface area (Å²) < 4.78 is 25.2. The molecule has 2 rings (SSSR count). The van der Waals surface area contributed by atoms with Gasteiger partial charge in [-0.1, -0.05) is 4.47 Å². The summed E-state index contributed by atoms with van der Waals surface area (Å²) in [5.74, 6) is -1.34. The van der Waals surface area contributed by atoms with E-state index in [0.29, 0.717) is 13.0 Å². The summed E-state index contributed by atoms with van der Waals surface area (Å²) >= 11 is 0. The quantitative estimate of drug-likeness (QED) is 0.811. The van der Waals surface area contributed by atoms with Gasteiger partial charge in [0.1, 0.15) is 5.56 Å². The maximum absolute atomic E-state index is 12.2. The molecular formula is C9H13N3O5S. The monoisotopic (exact) mass is 275 g/mol. The van der Waals surface area contributed by atoms with Gasteiger partial charge in [0.05, 0.1) is 6.61 Å². The summed E-state index contributed by atoms with van der Waals surface area (Å²) in [6, 6.07) is 0. The van der Waals surface area contributed by atoms with E-state index in [4.69, 9.17) is 9.94 Å². The second kappa shape index (κ2) is 4.67. The zero-order valence-electron chi connectivity index (χ0n) is 9.71. The van der Waals surface area contributed by atoms with Crippen molar-refractivity contribution in [3.63, 3.8) is 0 Å². The van der Waals surface area contributed by atoms with Gasteiger partial charge in [-0.3, -0.25) is 9.94 Å². The molecule has 2 heterocycles. The minimum absolute atomic E-state index is 0.193. The third-order valence-electron chi connectivity index (χ3n) is 2.61. The van der Waals surface area contributed by atoms with Crippen LogP contribution in [0.15, 0.2) is 5.03 Å². The molecule has 9 heteroatoms. The van der Waals surface area contributed by atoms with Crippen LogP contribution in [0.4, 0.5) is 0 Å². The van der Waals surface area contributed by atoms with Crippen molar-refractivity contribution in [1.82, 2.24) is 14.7 Å². The summed E-state index contributed by atoms with van der Waals surface area (Å²) in [4.78, 5) is 16.1. The fraction of sp³-hybridized carbons (Fsp3) is 0.556. The minimum Gasteiger partial charge on any atom is -0.478 e. The Hall–Kier alpha value is -1.45. The molecule has 0 unspecified atom stereocenters. The predicted molar refractivity (Wildman–Crippen MR) is 59.4 cm³/mol. The number of H-pyrrole nitrogens is 1. The van der Waals surface area contributed by atoms with E-state index in [9.17, 15) is 13.2 Å². The van der Waals surface area contributed by atoms with Gasteiger partial charge in [-0.05, 0) is 19.8 Å². The Morgan fingerprint density at radius 1 is 1.50 bits per heavy atom. The molecule has 2 N–H and O–H groups in total. The molecule has 1 aromatic heterocycles. The van der Waals surface area contributed by atoms with E-state index in [1.807, 2.05) is 0 Å². The highest BCUT2D eigenvalue weighted by Crippen LogP contribution is 2.22. The molecule has 0 saturated carbocycles. The molecule has 100 valence electrons. The summed E-state index contributed by atoms with van der Waals surface area (Å²) in [7, 11) is -4.03. The van der Waals surface area contributed by atoms with E-state index in [2.05, 4.69) is 10.2 Å². The van der Waals surface area contributed by atoms with Gasteiger partial charge in [0.15, 0.2) is 0 Å². The lowest BCUT2D eigenvalue weighted by atomic mass is 10.3. The number of hydrogen-bond acceptors (Lipinski definition) is 5. The topological polar surface area (TPSA) is 113 Å². The third kappa shape index (κ3) is 2.11. The van der Waals surface area contributed by atoms with E-state index in [0.717, 1.165) is 10.9 Å². The number of carbonyl (C=O) groups is 1. The lowest BCUT2D eigenvalue weighted by Gasteiger charge is -2.24. The molecule has 1 fully saturated rings. The van der Waals surface area contributed by atoms with Crippen LogP contribution in [-0.4, -0.2) is 47.3 Å². The normalized spacial score (nSPS) is 17.8. The van der Waals surface area contributed by atoms with E-state index in [1.165, 1.54) is 6.92 Å². The van der Waals surface area contributed by atoms with Crippen LogP contribution in [0, 0.1) is 6.92 Å². The number of carboxylic acid groups (broad SMARTS) is 1. The van der Waals surface area contributed by atoms with Crippen molar-refractivity contribution in [2.24, 2.45) is 0 Å². The fourth-order valence-corrected chi connectivity index (χ4v) is 3.14. The number of hydroxylamine groups is 1. The van der Waals surface area contributed by atoms with Crippen LogP contribution >= 0.6 is 0 Å². The number of aryl methyl sites for hydroxylation is 1. The maximum atomic E-state index is 12.2. The molecule has 1 aliphatic rings. The average Bonchev–Trinajstić information content (AvgIpc) is 2.73. The van der Waals surface area contributed by atoms with Gasteiger partial charge in [0.25, 0.3) is 10.0 Å². The molecule has 0 atom stereocenters. The Balaban J connectivity index is 2.44. The summed E-state index contributed by atoms with van der Waals surface area (Å²) in [6.45, 7) is 1.95. The van der Waals surface area contributed by atoms with E-state index in [-0.39, 0.29) is 17.8 Å². The van der Waals surface area contributed by atoms with Crippen molar-refractivity contribution in [2.75, 3.05) is 13.2 Å². The van der Waals surface area contributed by atoms with E-state index in [1.54, 1.807) is 0 Å². The Bertz CT molecular complexity index is 559. The number of sulfonamides is 1. The third-order valence-corrected chi connectivity index (χ3v) is 4.22. The first kappa shape index (κ1) is 13.0. The smallest absolute Gasteiger partial charge is 0.340 e. The van der Waals surface area contributed by atoms with Crippen LogP contribution in [-0.2, 0) is 14.9 Å². The number of nitrogens with one attached hydrogen (secondary N) is 1. The molecule has 0 aromatic carbocycles. The molecule has 0 radical (unpaired) electrons. The highest BCUT2D eigenvalue weighted by Gasteiger charge is 2.35. The van der Waals surface area contributed by atoms with Crippen molar-refractivity contribution < 1.29 is 23.2 Å². The summed E-state index contributed by atoms with van der Waals surface area (Å²) in [5.41, 5.74) is -0.151. The van der Waals surface area contributed by atoms with Gasteiger partial charge in [-0.2, -0.15) is 5.10 Å².